The Hall–Kier alpha value is -3.55. The first-order valence-corrected chi connectivity index (χ1v) is 9.09. The molecule has 1 amide bonds. The maximum Gasteiger partial charge on any atom is 0.274 e. The number of ketones is 1. The topological polar surface area (TPSA) is 107 Å². The molecule has 1 aliphatic rings. The number of benzene rings is 1. The number of aryl methyl sites for hydroxylation is 1. The van der Waals surface area contributed by atoms with Crippen LogP contribution >= 0.6 is 0 Å². The third-order valence-corrected chi connectivity index (χ3v) is 4.89. The number of likely N-dealkylation sites (tertiary alicyclic amines) is 1. The summed E-state index contributed by atoms with van der Waals surface area (Å²) in [7, 11) is 0. The van der Waals surface area contributed by atoms with Crippen LogP contribution in [0.3, 0.4) is 0 Å². The lowest BCUT2D eigenvalue weighted by atomic mass is 10.0. The van der Waals surface area contributed by atoms with Crippen LogP contribution in [-0.2, 0) is 0 Å². The molecule has 1 fully saturated rings. The third-order valence-electron chi connectivity index (χ3n) is 4.89. The Bertz CT molecular complexity index is 1010. The van der Waals surface area contributed by atoms with Crippen LogP contribution in [0.25, 0.3) is 5.69 Å². The number of para-hydroxylation sites is 1. The molecule has 8 nitrogen and oxygen atoms in total. The Labute approximate surface area is 162 Å². The first-order chi connectivity index (χ1) is 13.6. The summed E-state index contributed by atoms with van der Waals surface area (Å²) in [5, 5.41) is 4.26. The summed E-state index contributed by atoms with van der Waals surface area (Å²) >= 11 is 0. The molecule has 2 aromatic heterocycles. The summed E-state index contributed by atoms with van der Waals surface area (Å²) in [6, 6.07) is 8.78. The maximum atomic E-state index is 13.1. The van der Waals surface area contributed by atoms with Gasteiger partial charge in [0.1, 0.15) is 11.5 Å². The van der Waals surface area contributed by atoms with Crippen molar-refractivity contribution in [3.63, 3.8) is 0 Å². The molecule has 4 rings (SSSR count). The molecule has 0 radical (unpaired) electrons. The Morgan fingerprint density at radius 1 is 1.11 bits per heavy atom. The maximum absolute atomic E-state index is 13.1. The van der Waals surface area contributed by atoms with Crippen molar-refractivity contribution < 1.29 is 9.59 Å². The summed E-state index contributed by atoms with van der Waals surface area (Å²) < 4.78 is 1.53. The molecule has 142 valence electrons. The number of Topliss-reactive ketones (excluding diaryl/α,β-unsaturated/α-hetero) is 1. The first kappa shape index (κ1) is 17.8. The quantitative estimate of drug-likeness (QED) is 0.698. The highest BCUT2D eigenvalue weighted by Gasteiger charge is 2.37. The van der Waals surface area contributed by atoms with Crippen molar-refractivity contribution in [3.05, 3.63) is 65.9 Å². The molecule has 3 heterocycles. The highest BCUT2D eigenvalue weighted by atomic mass is 16.2. The Balaban J connectivity index is 1.60. The number of hydrogen-bond acceptors (Lipinski definition) is 6. The summed E-state index contributed by atoms with van der Waals surface area (Å²) in [6.45, 7) is 2.30. The normalized spacial score (nSPS) is 16.3. The summed E-state index contributed by atoms with van der Waals surface area (Å²) in [5.41, 5.74) is 8.26. The lowest BCUT2D eigenvalue weighted by Crippen LogP contribution is -2.41. The number of nitrogens with two attached hydrogens (primary N) is 1. The Morgan fingerprint density at radius 3 is 2.61 bits per heavy atom. The van der Waals surface area contributed by atoms with Crippen molar-refractivity contribution in [1.29, 1.82) is 0 Å². The minimum atomic E-state index is -0.577. The largest absolute Gasteiger partial charge is 0.383 e. The van der Waals surface area contributed by atoms with Gasteiger partial charge >= 0.3 is 0 Å². The zero-order valence-electron chi connectivity index (χ0n) is 15.4. The number of nitrogen functional groups attached to an aromatic ring is 1. The average Bonchev–Trinajstić information content (AvgIpc) is 3.35. The Morgan fingerprint density at radius 2 is 1.89 bits per heavy atom. The molecule has 0 aliphatic carbocycles. The van der Waals surface area contributed by atoms with Gasteiger partial charge in [-0.2, -0.15) is 5.10 Å². The predicted molar refractivity (Wildman–Crippen MR) is 103 cm³/mol. The van der Waals surface area contributed by atoms with Crippen molar-refractivity contribution in [1.82, 2.24) is 24.6 Å². The number of nitrogens with zero attached hydrogens (tertiary/aromatic N) is 5. The lowest BCUT2D eigenvalue weighted by Gasteiger charge is -2.23. The van der Waals surface area contributed by atoms with E-state index in [4.69, 9.17) is 5.73 Å². The van der Waals surface area contributed by atoms with Gasteiger partial charge in [0.2, 0.25) is 0 Å². The van der Waals surface area contributed by atoms with Crippen molar-refractivity contribution in [2.75, 3.05) is 12.3 Å². The SMILES string of the molecule is Cc1cnc(C(=O)N2CCCC2C(=O)c2cnn(-c3ccccc3)c2N)cn1. The van der Waals surface area contributed by atoms with E-state index in [9.17, 15) is 9.59 Å². The van der Waals surface area contributed by atoms with E-state index < -0.39 is 6.04 Å². The van der Waals surface area contributed by atoms with Gasteiger partial charge in [0.05, 0.1) is 35.4 Å². The van der Waals surface area contributed by atoms with Crippen LogP contribution in [0.15, 0.2) is 48.9 Å². The van der Waals surface area contributed by atoms with Crippen molar-refractivity contribution >= 4 is 17.5 Å². The highest BCUT2D eigenvalue weighted by molar-refractivity contribution is 6.06. The van der Waals surface area contributed by atoms with Crippen LogP contribution in [0.4, 0.5) is 5.82 Å². The molecule has 1 atom stereocenters. The molecule has 28 heavy (non-hydrogen) atoms. The predicted octanol–water partition coefficient (Wildman–Crippen LogP) is 2.04. The van der Waals surface area contributed by atoms with E-state index in [0.717, 1.165) is 17.8 Å². The number of carbonyl (C=O) groups excluding carboxylic acids is 2. The van der Waals surface area contributed by atoms with E-state index in [1.807, 2.05) is 30.3 Å². The summed E-state index contributed by atoms with van der Waals surface area (Å²) in [5.74, 6) is -0.228. The molecule has 0 saturated carbocycles. The number of rotatable bonds is 4. The molecule has 1 aromatic carbocycles. The molecule has 0 bridgehead atoms. The van der Waals surface area contributed by atoms with Crippen molar-refractivity contribution in [3.8, 4) is 5.69 Å². The van der Waals surface area contributed by atoms with E-state index in [1.165, 1.54) is 17.1 Å². The first-order valence-electron chi connectivity index (χ1n) is 9.09. The van der Waals surface area contributed by atoms with Gasteiger partial charge in [0, 0.05) is 12.7 Å². The van der Waals surface area contributed by atoms with Gasteiger partial charge in [-0.1, -0.05) is 18.2 Å². The number of aromatic nitrogens is 4. The smallest absolute Gasteiger partial charge is 0.274 e. The molecule has 8 heteroatoms. The summed E-state index contributed by atoms with van der Waals surface area (Å²) in [4.78, 5) is 35.8. The minimum absolute atomic E-state index is 0.203. The Kier molecular flexibility index (Phi) is 4.60. The molecule has 1 aliphatic heterocycles. The van der Waals surface area contributed by atoms with Crippen molar-refractivity contribution in [2.24, 2.45) is 0 Å². The fourth-order valence-electron chi connectivity index (χ4n) is 3.43. The van der Waals surface area contributed by atoms with Crippen LogP contribution < -0.4 is 5.73 Å². The van der Waals surface area contributed by atoms with E-state index in [1.54, 1.807) is 18.0 Å². The van der Waals surface area contributed by atoms with Gasteiger partial charge in [0.25, 0.3) is 5.91 Å². The van der Waals surface area contributed by atoms with Crippen molar-refractivity contribution in [2.45, 2.75) is 25.8 Å². The molecule has 1 unspecified atom stereocenters. The molecular weight excluding hydrogens is 356 g/mol. The second-order valence-electron chi connectivity index (χ2n) is 6.75. The van der Waals surface area contributed by atoms with Gasteiger partial charge in [-0.3, -0.25) is 14.6 Å². The number of hydrogen-bond donors (Lipinski definition) is 1. The standard InChI is InChI=1S/C20H20N6O2/c1-13-10-23-16(12-22-13)20(28)25-9-5-8-17(25)18(27)15-11-24-26(19(15)21)14-6-3-2-4-7-14/h2-4,6-7,10-12,17H,5,8-9,21H2,1H3. The lowest BCUT2D eigenvalue weighted by molar-refractivity contribution is 0.0667. The van der Waals surface area contributed by atoms with Gasteiger partial charge in [-0.05, 0) is 31.9 Å². The monoisotopic (exact) mass is 376 g/mol. The molecule has 2 N–H and O–H groups in total. The minimum Gasteiger partial charge on any atom is -0.383 e. The van der Waals surface area contributed by atoms with E-state index in [-0.39, 0.29) is 23.2 Å². The number of anilines is 1. The van der Waals surface area contributed by atoms with Gasteiger partial charge in [-0.15, -0.1) is 0 Å². The number of carbonyl (C=O) groups is 2. The van der Waals surface area contributed by atoms with Crippen LogP contribution in [0.5, 0.6) is 0 Å². The molecular formula is C20H20N6O2. The van der Waals surface area contributed by atoms with Crippen LogP contribution in [0, 0.1) is 6.92 Å². The van der Waals surface area contributed by atoms with Gasteiger partial charge < -0.3 is 10.6 Å². The van der Waals surface area contributed by atoms with Crippen LogP contribution in [-0.4, -0.2) is 48.9 Å². The van der Waals surface area contributed by atoms with E-state index in [2.05, 4.69) is 15.1 Å². The van der Waals surface area contributed by atoms with Crippen LogP contribution in [0.2, 0.25) is 0 Å². The fourth-order valence-corrected chi connectivity index (χ4v) is 3.43. The average molecular weight is 376 g/mol. The number of amides is 1. The molecule has 3 aromatic rings. The second-order valence-corrected chi connectivity index (χ2v) is 6.75. The fraction of sp³-hybridized carbons (Fsp3) is 0.250. The molecule has 1 saturated heterocycles. The van der Waals surface area contributed by atoms with Gasteiger partial charge in [0.15, 0.2) is 5.78 Å². The molecule has 0 spiro atoms. The highest BCUT2D eigenvalue weighted by Crippen LogP contribution is 2.26. The van der Waals surface area contributed by atoms with E-state index >= 15 is 0 Å². The third kappa shape index (κ3) is 3.13. The van der Waals surface area contributed by atoms with Gasteiger partial charge in [-0.25, -0.2) is 9.67 Å². The zero-order valence-corrected chi connectivity index (χ0v) is 15.4. The zero-order chi connectivity index (χ0) is 19.7. The summed E-state index contributed by atoms with van der Waals surface area (Å²) in [6.07, 6.45) is 5.78. The van der Waals surface area contributed by atoms with Crippen LogP contribution in [0.1, 0.15) is 39.4 Å². The second kappa shape index (κ2) is 7.22. The van der Waals surface area contributed by atoms with E-state index in [0.29, 0.717) is 18.5 Å².